The first-order valence-corrected chi connectivity index (χ1v) is 9.29. The summed E-state index contributed by atoms with van der Waals surface area (Å²) in [5.74, 6) is 1.02. The minimum absolute atomic E-state index is 0.160. The minimum atomic E-state index is 0.160. The van der Waals surface area contributed by atoms with E-state index in [0.29, 0.717) is 5.41 Å². The lowest BCUT2D eigenvalue weighted by Crippen LogP contribution is -2.41. The van der Waals surface area contributed by atoms with Gasteiger partial charge in [0, 0.05) is 5.41 Å². The van der Waals surface area contributed by atoms with Crippen LogP contribution in [-0.4, -0.2) is 6.61 Å². The molecule has 1 aliphatic carbocycles. The monoisotopic (exact) mass is 322 g/mol. The largest absolute Gasteiger partial charge is 0.493 e. The number of hydrogen-bond acceptors (Lipinski definition) is 1. The van der Waals surface area contributed by atoms with Crippen LogP contribution in [0.1, 0.15) is 57.1 Å². The molecule has 2 aromatic rings. The molecular weight excluding hydrogens is 292 g/mol. The van der Waals surface area contributed by atoms with E-state index in [9.17, 15) is 0 Å². The van der Waals surface area contributed by atoms with Gasteiger partial charge < -0.3 is 4.74 Å². The van der Waals surface area contributed by atoms with E-state index in [4.69, 9.17) is 4.74 Å². The van der Waals surface area contributed by atoms with Gasteiger partial charge in [-0.05, 0) is 48.8 Å². The summed E-state index contributed by atoms with van der Waals surface area (Å²) in [6.45, 7) is 7.82. The smallest absolute Gasteiger partial charge is 0.122 e. The highest BCUT2D eigenvalue weighted by atomic mass is 16.5. The van der Waals surface area contributed by atoms with Crippen molar-refractivity contribution in [3.05, 3.63) is 65.7 Å². The highest BCUT2D eigenvalue weighted by Gasteiger charge is 2.46. The molecule has 0 spiro atoms. The van der Waals surface area contributed by atoms with E-state index >= 15 is 0 Å². The first-order chi connectivity index (χ1) is 11.6. The SMILES string of the molecule is Cc1ccccc1OCC[C@](C)(c1ccccc1)C1(C)CCCC1. The average molecular weight is 322 g/mol. The molecule has 24 heavy (non-hydrogen) atoms. The van der Waals surface area contributed by atoms with E-state index in [-0.39, 0.29) is 5.41 Å². The molecule has 1 saturated carbocycles. The third kappa shape index (κ3) is 3.22. The van der Waals surface area contributed by atoms with Gasteiger partial charge in [0.25, 0.3) is 0 Å². The second kappa shape index (κ2) is 7.01. The molecule has 0 heterocycles. The van der Waals surface area contributed by atoms with Gasteiger partial charge in [0.05, 0.1) is 6.61 Å². The van der Waals surface area contributed by atoms with Crippen molar-refractivity contribution in [3.8, 4) is 5.75 Å². The van der Waals surface area contributed by atoms with E-state index < -0.39 is 0 Å². The molecule has 2 aromatic carbocycles. The van der Waals surface area contributed by atoms with Crippen LogP contribution in [0.2, 0.25) is 0 Å². The van der Waals surface area contributed by atoms with Crippen LogP contribution in [-0.2, 0) is 5.41 Å². The summed E-state index contributed by atoms with van der Waals surface area (Å²) in [5.41, 5.74) is 3.20. The molecule has 1 fully saturated rings. The van der Waals surface area contributed by atoms with Gasteiger partial charge in [-0.25, -0.2) is 0 Å². The van der Waals surface area contributed by atoms with Crippen LogP contribution in [0.15, 0.2) is 54.6 Å². The van der Waals surface area contributed by atoms with Gasteiger partial charge in [0.15, 0.2) is 0 Å². The number of benzene rings is 2. The molecule has 0 radical (unpaired) electrons. The normalized spacial score (nSPS) is 19.0. The molecule has 0 aliphatic heterocycles. The van der Waals surface area contributed by atoms with Crippen molar-refractivity contribution in [2.45, 2.75) is 58.3 Å². The highest BCUT2D eigenvalue weighted by Crippen LogP contribution is 2.54. The molecule has 0 amide bonds. The van der Waals surface area contributed by atoms with Gasteiger partial charge in [-0.2, -0.15) is 0 Å². The van der Waals surface area contributed by atoms with Crippen molar-refractivity contribution in [3.63, 3.8) is 0 Å². The van der Waals surface area contributed by atoms with Crippen LogP contribution < -0.4 is 4.74 Å². The van der Waals surface area contributed by atoms with Crippen molar-refractivity contribution in [2.24, 2.45) is 5.41 Å². The van der Waals surface area contributed by atoms with Gasteiger partial charge in [-0.1, -0.05) is 75.2 Å². The Hall–Kier alpha value is -1.76. The number of hydrogen-bond donors (Lipinski definition) is 0. The van der Waals surface area contributed by atoms with E-state index in [1.165, 1.54) is 36.8 Å². The second-order valence-corrected chi connectivity index (χ2v) is 7.83. The summed E-state index contributed by atoms with van der Waals surface area (Å²) in [5, 5.41) is 0. The van der Waals surface area contributed by atoms with Crippen molar-refractivity contribution >= 4 is 0 Å². The summed E-state index contributed by atoms with van der Waals surface area (Å²) in [7, 11) is 0. The molecule has 3 rings (SSSR count). The topological polar surface area (TPSA) is 9.23 Å². The zero-order valence-electron chi connectivity index (χ0n) is 15.3. The fourth-order valence-electron chi connectivity index (χ4n) is 4.39. The van der Waals surface area contributed by atoms with Gasteiger partial charge in [-0.3, -0.25) is 0 Å². The number of ether oxygens (including phenoxy) is 1. The maximum Gasteiger partial charge on any atom is 0.122 e. The van der Waals surface area contributed by atoms with Crippen molar-refractivity contribution in [2.75, 3.05) is 6.61 Å². The summed E-state index contributed by atoms with van der Waals surface area (Å²) < 4.78 is 6.16. The van der Waals surface area contributed by atoms with E-state index in [0.717, 1.165) is 18.8 Å². The van der Waals surface area contributed by atoms with Gasteiger partial charge in [0.2, 0.25) is 0 Å². The maximum atomic E-state index is 6.16. The lowest BCUT2D eigenvalue weighted by molar-refractivity contribution is 0.124. The number of aryl methyl sites for hydroxylation is 1. The Morgan fingerprint density at radius 1 is 0.958 bits per heavy atom. The Balaban J connectivity index is 1.80. The summed E-state index contributed by atoms with van der Waals surface area (Å²) in [6.07, 6.45) is 6.42. The fraction of sp³-hybridized carbons (Fsp3) is 0.478. The quantitative estimate of drug-likeness (QED) is 0.606. The standard InChI is InChI=1S/C23H30O/c1-19-11-7-8-14-21(19)24-18-17-23(3,20-12-5-4-6-13-20)22(2)15-9-10-16-22/h4-8,11-14H,9-10,15-18H2,1-3H3/t23-/m1/s1. The molecule has 0 unspecified atom stereocenters. The number of rotatable bonds is 6. The molecule has 1 atom stereocenters. The first kappa shape index (κ1) is 17.1. The summed E-state index contributed by atoms with van der Waals surface area (Å²) in [4.78, 5) is 0. The predicted molar refractivity (Wildman–Crippen MR) is 102 cm³/mol. The van der Waals surface area contributed by atoms with Crippen LogP contribution in [0.5, 0.6) is 5.75 Å². The van der Waals surface area contributed by atoms with Crippen LogP contribution in [0.25, 0.3) is 0 Å². The zero-order chi connectivity index (χ0) is 17.0. The Kier molecular flexibility index (Phi) is 4.99. The Bertz CT molecular complexity index is 655. The van der Waals surface area contributed by atoms with E-state index in [1.807, 2.05) is 0 Å². The Morgan fingerprint density at radius 2 is 1.58 bits per heavy atom. The molecule has 0 saturated heterocycles. The molecular formula is C23H30O. The van der Waals surface area contributed by atoms with E-state index in [1.54, 1.807) is 0 Å². The highest BCUT2D eigenvalue weighted by molar-refractivity contribution is 5.32. The Morgan fingerprint density at radius 3 is 2.25 bits per heavy atom. The van der Waals surface area contributed by atoms with Crippen LogP contribution >= 0.6 is 0 Å². The average Bonchev–Trinajstić information content (AvgIpc) is 3.05. The molecule has 128 valence electrons. The molecule has 1 heteroatoms. The summed E-state index contributed by atoms with van der Waals surface area (Å²) in [6, 6.07) is 19.4. The lowest BCUT2D eigenvalue weighted by atomic mass is 9.59. The third-order valence-corrected chi connectivity index (χ3v) is 6.40. The summed E-state index contributed by atoms with van der Waals surface area (Å²) >= 11 is 0. The van der Waals surface area contributed by atoms with Crippen LogP contribution in [0.4, 0.5) is 0 Å². The van der Waals surface area contributed by atoms with Crippen LogP contribution in [0.3, 0.4) is 0 Å². The van der Waals surface area contributed by atoms with E-state index in [2.05, 4.69) is 75.4 Å². The van der Waals surface area contributed by atoms with Crippen molar-refractivity contribution in [1.29, 1.82) is 0 Å². The van der Waals surface area contributed by atoms with Crippen molar-refractivity contribution < 1.29 is 4.74 Å². The second-order valence-electron chi connectivity index (χ2n) is 7.83. The van der Waals surface area contributed by atoms with Crippen LogP contribution in [0, 0.1) is 12.3 Å². The third-order valence-electron chi connectivity index (χ3n) is 6.40. The minimum Gasteiger partial charge on any atom is -0.493 e. The molecule has 1 aliphatic rings. The maximum absolute atomic E-state index is 6.16. The van der Waals surface area contributed by atoms with Gasteiger partial charge in [0.1, 0.15) is 5.75 Å². The molecule has 1 nitrogen and oxygen atoms in total. The van der Waals surface area contributed by atoms with Crippen molar-refractivity contribution in [1.82, 2.24) is 0 Å². The predicted octanol–water partition coefficient (Wildman–Crippen LogP) is 6.30. The molecule has 0 aromatic heterocycles. The van der Waals surface area contributed by atoms with Gasteiger partial charge in [-0.15, -0.1) is 0 Å². The molecule has 0 N–H and O–H groups in total. The number of para-hydroxylation sites is 1. The van der Waals surface area contributed by atoms with Gasteiger partial charge >= 0.3 is 0 Å². The first-order valence-electron chi connectivity index (χ1n) is 9.29. The Labute approximate surface area is 147 Å². The fourth-order valence-corrected chi connectivity index (χ4v) is 4.39. The lowest BCUT2D eigenvalue weighted by Gasteiger charge is -2.45. The zero-order valence-corrected chi connectivity index (χ0v) is 15.3. The molecule has 0 bridgehead atoms.